The zero-order chi connectivity index (χ0) is 17.8. The lowest BCUT2D eigenvalue weighted by Gasteiger charge is -2.13. The van der Waals surface area contributed by atoms with Gasteiger partial charge in [-0.1, -0.05) is 58.3 Å². The third-order valence-corrected chi connectivity index (χ3v) is 4.17. The summed E-state index contributed by atoms with van der Waals surface area (Å²) in [6, 6.07) is 2.88. The predicted octanol–water partition coefficient (Wildman–Crippen LogP) is 6.43. The molecule has 1 atom stereocenters. The summed E-state index contributed by atoms with van der Waals surface area (Å²) in [6.45, 7) is 4.03. The van der Waals surface area contributed by atoms with E-state index in [2.05, 4.69) is 6.92 Å². The highest BCUT2D eigenvalue weighted by Gasteiger charge is 2.16. The SMILES string of the molecule is CCCCCCCCCCCC(C)OC(=O)c1ccc(F)cc1F. The van der Waals surface area contributed by atoms with Crippen LogP contribution in [0.15, 0.2) is 18.2 Å². The van der Waals surface area contributed by atoms with Gasteiger partial charge < -0.3 is 4.74 Å². The summed E-state index contributed by atoms with van der Waals surface area (Å²) in [5.41, 5.74) is -0.213. The number of rotatable bonds is 12. The molecule has 1 aromatic carbocycles. The summed E-state index contributed by atoms with van der Waals surface area (Å²) in [6.07, 6.45) is 11.7. The first-order chi connectivity index (χ1) is 11.5. The van der Waals surface area contributed by atoms with Crippen molar-refractivity contribution < 1.29 is 18.3 Å². The zero-order valence-corrected chi connectivity index (χ0v) is 15.0. The van der Waals surface area contributed by atoms with E-state index in [9.17, 15) is 13.6 Å². The fourth-order valence-electron chi connectivity index (χ4n) is 2.70. The first-order valence-electron chi connectivity index (χ1n) is 9.20. The highest BCUT2D eigenvalue weighted by atomic mass is 19.1. The molecule has 1 rings (SSSR count). The molecule has 0 aliphatic carbocycles. The van der Waals surface area contributed by atoms with Gasteiger partial charge in [-0.05, 0) is 31.9 Å². The van der Waals surface area contributed by atoms with Gasteiger partial charge in [0.1, 0.15) is 11.6 Å². The average molecular weight is 340 g/mol. The van der Waals surface area contributed by atoms with Gasteiger partial charge in [0.05, 0.1) is 11.7 Å². The van der Waals surface area contributed by atoms with Crippen LogP contribution in [0.5, 0.6) is 0 Å². The minimum absolute atomic E-state index is 0.213. The molecular formula is C20H30F2O2. The second-order valence-corrected chi connectivity index (χ2v) is 6.46. The topological polar surface area (TPSA) is 26.3 Å². The summed E-state index contributed by atoms with van der Waals surface area (Å²) >= 11 is 0. The molecule has 24 heavy (non-hydrogen) atoms. The van der Waals surface area contributed by atoms with Crippen molar-refractivity contribution in [3.63, 3.8) is 0 Å². The first kappa shape index (κ1) is 20.6. The average Bonchev–Trinajstić information content (AvgIpc) is 2.53. The van der Waals surface area contributed by atoms with Crippen molar-refractivity contribution in [2.45, 2.75) is 84.2 Å². The quantitative estimate of drug-likeness (QED) is 0.324. The van der Waals surface area contributed by atoms with E-state index in [1.54, 1.807) is 0 Å². The van der Waals surface area contributed by atoms with Crippen molar-refractivity contribution >= 4 is 5.97 Å². The van der Waals surface area contributed by atoms with Crippen LogP contribution < -0.4 is 0 Å². The van der Waals surface area contributed by atoms with Gasteiger partial charge in [0.25, 0.3) is 0 Å². The molecule has 0 saturated heterocycles. The lowest BCUT2D eigenvalue weighted by Crippen LogP contribution is -2.16. The van der Waals surface area contributed by atoms with Gasteiger partial charge in [-0.15, -0.1) is 0 Å². The van der Waals surface area contributed by atoms with Gasteiger partial charge in [-0.25, -0.2) is 13.6 Å². The molecule has 1 unspecified atom stereocenters. The van der Waals surface area contributed by atoms with Crippen LogP contribution >= 0.6 is 0 Å². The summed E-state index contributed by atoms with van der Waals surface area (Å²) in [7, 11) is 0. The number of esters is 1. The Morgan fingerprint density at radius 3 is 2.17 bits per heavy atom. The number of hydrogen-bond donors (Lipinski definition) is 0. The Morgan fingerprint density at radius 1 is 1.00 bits per heavy atom. The lowest BCUT2D eigenvalue weighted by atomic mass is 10.1. The van der Waals surface area contributed by atoms with Crippen LogP contribution in [0.2, 0.25) is 0 Å². The number of carbonyl (C=O) groups excluding carboxylic acids is 1. The molecule has 1 aromatic rings. The molecule has 0 spiro atoms. The van der Waals surface area contributed by atoms with Gasteiger partial charge in [0.2, 0.25) is 0 Å². The molecule has 0 aromatic heterocycles. The van der Waals surface area contributed by atoms with E-state index in [-0.39, 0.29) is 11.7 Å². The third-order valence-electron chi connectivity index (χ3n) is 4.17. The van der Waals surface area contributed by atoms with Gasteiger partial charge in [-0.2, -0.15) is 0 Å². The van der Waals surface area contributed by atoms with E-state index in [1.165, 1.54) is 44.9 Å². The van der Waals surface area contributed by atoms with Crippen molar-refractivity contribution in [3.8, 4) is 0 Å². The number of unbranched alkanes of at least 4 members (excludes halogenated alkanes) is 8. The fraction of sp³-hybridized carbons (Fsp3) is 0.650. The smallest absolute Gasteiger partial charge is 0.341 e. The predicted molar refractivity (Wildman–Crippen MR) is 93.1 cm³/mol. The van der Waals surface area contributed by atoms with Crippen molar-refractivity contribution in [1.29, 1.82) is 0 Å². The molecule has 0 radical (unpaired) electrons. The van der Waals surface area contributed by atoms with Gasteiger partial charge in [0, 0.05) is 6.07 Å². The number of hydrogen-bond acceptors (Lipinski definition) is 2. The van der Waals surface area contributed by atoms with E-state index in [0.29, 0.717) is 6.07 Å². The Morgan fingerprint density at radius 2 is 1.58 bits per heavy atom. The van der Waals surface area contributed by atoms with Crippen molar-refractivity contribution in [1.82, 2.24) is 0 Å². The number of benzene rings is 1. The van der Waals surface area contributed by atoms with Crippen LogP contribution in [0.1, 0.15) is 88.4 Å². The Balaban J connectivity index is 2.13. The molecular weight excluding hydrogens is 310 g/mol. The number of ether oxygens (including phenoxy) is 1. The van der Waals surface area contributed by atoms with Gasteiger partial charge in [0.15, 0.2) is 0 Å². The van der Waals surface area contributed by atoms with E-state index < -0.39 is 17.6 Å². The molecule has 0 amide bonds. The maximum atomic E-state index is 13.5. The van der Waals surface area contributed by atoms with Crippen molar-refractivity contribution in [2.75, 3.05) is 0 Å². The second kappa shape index (κ2) is 12.0. The number of halogens is 2. The molecule has 0 bridgehead atoms. The maximum absolute atomic E-state index is 13.5. The molecule has 0 N–H and O–H groups in total. The maximum Gasteiger partial charge on any atom is 0.341 e. The zero-order valence-electron chi connectivity index (χ0n) is 15.0. The van der Waals surface area contributed by atoms with Gasteiger partial charge in [-0.3, -0.25) is 0 Å². The van der Waals surface area contributed by atoms with Crippen molar-refractivity contribution in [3.05, 3.63) is 35.4 Å². The van der Waals surface area contributed by atoms with Gasteiger partial charge >= 0.3 is 5.97 Å². The molecule has 4 heteroatoms. The largest absolute Gasteiger partial charge is 0.459 e. The molecule has 2 nitrogen and oxygen atoms in total. The fourth-order valence-corrected chi connectivity index (χ4v) is 2.70. The highest BCUT2D eigenvalue weighted by molar-refractivity contribution is 5.89. The molecule has 0 fully saturated rings. The number of carbonyl (C=O) groups is 1. The molecule has 0 heterocycles. The van der Waals surface area contributed by atoms with E-state index in [1.807, 2.05) is 6.92 Å². The van der Waals surface area contributed by atoms with Crippen LogP contribution in [0.4, 0.5) is 8.78 Å². The standard InChI is InChI=1S/C20H30F2O2/c1-3-4-5-6-7-8-9-10-11-12-16(2)24-20(23)18-14-13-17(21)15-19(18)22/h13-16H,3-12H2,1-2H3. The summed E-state index contributed by atoms with van der Waals surface area (Å²) in [5, 5.41) is 0. The summed E-state index contributed by atoms with van der Waals surface area (Å²) in [4.78, 5) is 11.9. The Hall–Kier alpha value is -1.45. The summed E-state index contributed by atoms with van der Waals surface area (Å²) < 4.78 is 31.6. The van der Waals surface area contributed by atoms with Crippen LogP contribution in [0.25, 0.3) is 0 Å². The van der Waals surface area contributed by atoms with Crippen LogP contribution in [0.3, 0.4) is 0 Å². The Bertz CT molecular complexity index is 489. The van der Waals surface area contributed by atoms with E-state index >= 15 is 0 Å². The monoisotopic (exact) mass is 340 g/mol. The molecule has 0 aliphatic rings. The minimum Gasteiger partial charge on any atom is -0.459 e. The van der Waals surface area contributed by atoms with E-state index in [0.717, 1.165) is 31.4 Å². The normalized spacial score (nSPS) is 12.2. The van der Waals surface area contributed by atoms with E-state index in [4.69, 9.17) is 4.74 Å². The Labute approximate surface area is 144 Å². The highest BCUT2D eigenvalue weighted by Crippen LogP contribution is 2.15. The second-order valence-electron chi connectivity index (χ2n) is 6.46. The van der Waals surface area contributed by atoms with Crippen molar-refractivity contribution in [2.24, 2.45) is 0 Å². The Kier molecular flexibility index (Phi) is 10.3. The molecule has 0 aliphatic heterocycles. The lowest BCUT2D eigenvalue weighted by molar-refractivity contribution is 0.0314. The van der Waals surface area contributed by atoms with Crippen LogP contribution in [-0.2, 0) is 4.74 Å². The first-order valence-corrected chi connectivity index (χ1v) is 9.20. The summed E-state index contributed by atoms with van der Waals surface area (Å²) in [5.74, 6) is -2.31. The minimum atomic E-state index is -0.879. The molecule has 136 valence electrons. The molecule has 0 saturated carbocycles. The van der Waals surface area contributed by atoms with Crippen LogP contribution in [-0.4, -0.2) is 12.1 Å². The van der Waals surface area contributed by atoms with Crippen LogP contribution in [0, 0.1) is 11.6 Å². The third kappa shape index (κ3) is 8.42.